The standard InChI is InChI=1S/C42H46BrN3O8S2/c43-34-20-27(3-8-36(34)47)21-35(46-53)41(52)45-14-16-56-55-15-13-44-38(48)10-12-40(51)54-37-9-7-32(31-5-1-26(2-6-31)4-11-39(49)50)22-33(37)42-23-28-17-29(24-42)19-30(18-28)25-42/h1-9,11,20,22,28-30,47,53H,10,12-19,21,23-25H2,(H,44,48)(H,45,52)(H,49,50). The van der Waals surface area contributed by atoms with Crippen LogP contribution in [0.25, 0.3) is 17.2 Å². The molecule has 4 fully saturated rings. The smallest absolute Gasteiger partial charge is 0.328 e. The Morgan fingerprint density at radius 1 is 0.857 bits per heavy atom. The van der Waals surface area contributed by atoms with Crippen LogP contribution in [-0.2, 0) is 31.0 Å². The zero-order chi connectivity index (χ0) is 39.7. The highest BCUT2D eigenvalue weighted by Crippen LogP contribution is 2.62. The Kier molecular flexibility index (Phi) is 14.2. The van der Waals surface area contributed by atoms with E-state index in [0.717, 1.165) is 47.6 Å². The predicted octanol–water partition coefficient (Wildman–Crippen LogP) is 7.76. The Balaban J connectivity index is 0.944. The SMILES string of the molecule is O=C(O)C=Cc1ccc(-c2ccc(OC(=O)CCC(=O)NCCSSCCNC(=O)C(Cc3ccc(O)c(Br)c3)=NO)c(C34CC5CC(CC(C5)C3)C4)c2)cc1. The number of benzene rings is 3. The molecule has 0 aliphatic heterocycles. The predicted molar refractivity (Wildman–Crippen MR) is 223 cm³/mol. The summed E-state index contributed by atoms with van der Waals surface area (Å²) in [6.07, 6.45) is 9.92. The molecule has 0 atom stereocenters. The summed E-state index contributed by atoms with van der Waals surface area (Å²) in [4.78, 5) is 49.2. The number of carbonyl (C=O) groups is 4. The third-order valence-corrected chi connectivity index (χ3v) is 13.9. The minimum Gasteiger partial charge on any atom is -0.507 e. The molecule has 4 aliphatic rings. The molecule has 0 aromatic heterocycles. The van der Waals surface area contributed by atoms with Crippen molar-refractivity contribution in [1.82, 2.24) is 10.6 Å². The van der Waals surface area contributed by atoms with E-state index in [4.69, 9.17) is 9.84 Å². The van der Waals surface area contributed by atoms with Crippen LogP contribution in [0.1, 0.15) is 68.1 Å². The highest BCUT2D eigenvalue weighted by Gasteiger charge is 2.52. The second-order valence-electron chi connectivity index (χ2n) is 14.9. The lowest BCUT2D eigenvalue weighted by Crippen LogP contribution is -2.48. The van der Waals surface area contributed by atoms with Crippen LogP contribution >= 0.6 is 37.5 Å². The van der Waals surface area contributed by atoms with Gasteiger partial charge in [0.15, 0.2) is 0 Å². The first-order valence-electron chi connectivity index (χ1n) is 18.8. The van der Waals surface area contributed by atoms with Crippen molar-refractivity contribution >= 4 is 73.1 Å². The number of nitrogens with zero attached hydrogens (tertiary/aromatic N) is 1. The molecule has 0 heterocycles. The summed E-state index contributed by atoms with van der Waals surface area (Å²) in [6.45, 7) is 0.785. The molecule has 5 N–H and O–H groups in total. The number of hydrogen-bond acceptors (Lipinski definition) is 10. The summed E-state index contributed by atoms with van der Waals surface area (Å²) in [5.74, 6) is 1.84. The van der Waals surface area contributed by atoms with Crippen LogP contribution < -0.4 is 15.4 Å². The number of carboxylic acid groups (broad SMARTS) is 1. The number of hydrogen-bond donors (Lipinski definition) is 5. The van der Waals surface area contributed by atoms with Crippen LogP contribution in [0.4, 0.5) is 0 Å². The second kappa shape index (κ2) is 19.3. The van der Waals surface area contributed by atoms with Gasteiger partial charge in [-0.1, -0.05) is 63.1 Å². The normalized spacial score (nSPS) is 21.2. The van der Waals surface area contributed by atoms with E-state index in [1.165, 1.54) is 36.1 Å². The summed E-state index contributed by atoms with van der Waals surface area (Å²) in [5, 5.41) is 36.7. The van der Waals surface area contributed by atoms with Crippen molar-refractivity contribution in [1.29, 1.82) is 0 Å². The second-order valence-corrected chi connectivity index (χ2v) is 18.5. The number of ether oxygens (including phenoxy) is 1. The van der Waals surface area contributed by atoms with Crippen LogP contribution in [0.5, 0.6) is 11.5 Å². The fourth-order valence-corrected chi connectivity index (χ4v) is 11.0. The average molecular weight is 865 g/mol. The molecule has 0 unspecified atom stereocenters. The number of carbonyl (C=O) groups excluding carboxylic acids is 3. The number of rotatable bonds is 18. The maximum Gasteiger partial charge on any atom is 0.328 e. The van der Waals surface area contributed by atoms with Crippen LogP contribution in [-0.4, -0.2) is 69.5 Å². The lowest BCUT2D eigenvalue weighted by molar-refractivity contribution is -0.136. The maximum atomic E-state index is 13.2. The number of aliphatic carboxylic acids is 1. The van der Waals surface area contributed by atoms with Crippen LogP contribution in [0, 0.1) is 17.8 Å². The zero-order valence-electron chi connectivity index (χ0n) is 30.9. The van der Waals surface area contributed by atoms with E-state index in [0.29, 0.717) is 58.1 Å². The van der Waals surface area contributed by atoms with E-state index in [1.807, 2.05) is 36.4 Å². The molecular formula is C42H46BrN3O8S2. The van der Waals surface area contributed by atoms with Gasteiger partial charge in [-0.15, -0.1) is 0 Å². The molecule has 7 rings (SSSR count). The summed E-state index contributed by atoms with van der Waals surface area (Å²) >= 11 is 3.23. The molecule has 56 heavy (non-hydrogen) atoms. The van der Waals surface area contributed by atoms with Gasteiger partial charge in [0.2, 0.25) is 5.91 Å². The van der Waals surface area contributed by atoms with E-state index in [9.17, 15) is 29.5 Å². The van der Waals surface area contributed by atoms with Gasteiger partial charge < -0.3 is 30.8 Å². The molecule has 3 aromatic carbocycles. The number of esters is 1. The number of nitrogens with one attached hydrogen (secondary N) is 2. The van der Waals surface area contributed by atoms with Crippen LogP contribution in [0.2, 0.25) is 0 Å². The average Bonchev–Trinajstić information content (AvgIpc) is 3.17. The number of phenols is 1. The van der Waals surface area contributed by atoms with E-state index in [-0.39, 0.29) is 42.0 Å². The van der Waals surface area contributed by atoms with Crippen molar-refractivity contribution in [2.75, 3.05) is 24.6 Å². The third kappa shape index (κ3) is 11.0. The number of phenolic OH excluding ortho intramolecular Hbond substituents is 1. The Morgan fingerprint density at radius 2 is 1.50 bits per heavy atom. The van der Waals surface area contributed by atoms with Crippen molar-refractivity contribution in [3.63, 3.8) is 0 Å². The van der Waals surface area contributed by atoms with Gasteiger partial charge in [0.1, 0.15) is 17.2 Å². The largest absolute Gasteiger partial charge is 0.507 e. The van der Waals surface area contributed by atoms with Gasteiger partial charge in [0.05, 0.1) is 10.9 Å². The highest BCUT2D eigenvalue weighted by atomic mass is 79.9. The van der Waals surface area contributed by atoms with Crippen molar-refractivity contribution in [3.05, 3.63) is 87.9 Å². The number of amides is 2. The quantitative estimate of drug-likeness (QED) is 0.0124. The van der Waals surface area contributed by atoms with Crippen molar-refractivity contribution in [2.24, 2.45) is 22.9 Å². The zero-order valence-corrected chi connectivity index (χ0v) is 34.1. The van der Waals surface area contributed by atoms with Gasteiger partial charge in [-0.3, -0.25) is 14.4 Å². The summed E-state index contributed by atoms with van der Waals surface area (Å²) < 4.78 is 6.54. The summed E-state index contributed by atoms with van der Waals surface area (Å²) in [7, 11) is 3.08. The number of carboxylic acids is 1. The van der Waals surface area contributed by atoms with Gasteiger partial charge in [-0.05, 0) is 130 Å². The highest BCUT2D eigenvalue weighted by molar-refractivity contribution is 9.10. The van der Waals surface area contributed by atoms with Crippen molar-refractivity contribution in [3.8, 4) is 22.6 Å². The fourth-order valence-electron chi connectivity index (χ4n) is 8.76. The minimum absolute atomic E-state index is 0.0198. The topological polar surface area (TPSA) is 175 Å². The monoisotopic (exact) mass is 863 g/mol. The summed E-state index contributed by atoms with van der Waals surface area (Å²) in [5.41, 5.74) is 4.52. The van der Waals surface area contributed by atoms with Gasteiger partial charge in [0, 0.05) is 49.1 Å². The van der Waals surface area contributed by atoms with Gasteiger partial charge >= 0.3 is 11.9 Å². The number of aromatic hydroxyl groups is 1. The minimum atomic E-state index is -0.994. The van der Waals surface area contributed by atoms with E-state index < -0.39 is 17.8 Å². The maximum absolute atomic E-state index is 13.2. The van der Waals surface area contributed by atoms with E-state index >= 15 is 0 Å². The Labute approximate surface area is 342 Å². The first-order valence-corrected chi connectivity index (χ1v) is 22.1. The Hall–Kier alpha value is -4.27. The molecule has 3 aromatic rings. The lowest BCUT2D eigenvalue weighted by Gasteiger charge is -2.57. The van der Waals surface area contributed by atoms with E-state index in [2.05, 4.69) is 37.8 Å². The first kappa shape index (κ1) is 41.4. The van der Waals surface area contributed by atoms with Crippen molar-refractivity contribution in [2.45, 2.75) is 63.2 Å². The Bertz CT molecular complexity index is 1950. The molecule has 0 radical (unpaired) electrons. The molecular weight excluding hydrogens is 819 g/mol. The fraction of sp³-hybridized carbons (Fsp3) is 0.405. The van der Waals surface area contributed by atoms with Gasteiger partial charge in [-0.2, -0.15) is 0 Å². The molecule has 0 saturated heterocycles. The first-order chi connectivity index (χ1) is 27.0. The van der Waals surface area contributed by atoms with E-state index in [1.54, 1.807) is 29.0 Å². The molecule has 11 nitrogen and oxygen atoms in total. The molecule has 4 saturated carbocycles. The lowest BCUT2D eigenvalue weighted by atomic mass is 9.48. The number of halogens is 1. The number of oxime groups is 1. The van der Waals surface area contributed by atoms with Crippen LogP contribution in [0.3, 0.4) is 0 Å². The molecule has 4 bridgehead atoms. The molecule has 4 aliphatic carbocycles. The molecule has 296 valence electrons. The summed E-state index contributed by atoms with van der Waals surface area (Å²) in [6, 6.07) is 18.6. The third-order valence-electron chi connectivity index (χ3n) is 10.9. The molecule has 14 heteroatoms. The van der Waals surface area contributed by atoms with Crippen molar-refractivity contribution < 1.29 is 39.3 Å². The molecule has 0 spiro atoms. The van der Waals surface area contributed by atoms with Crippen LogP contribution in [0.15, 0.2) is 76.4 Å². The Morgan fingerprint density at radius 3 is 2.12 bits per heavy atom. The van der Waals surface area contributed by atoms with Gasteiger partial charge in [-0.25, -0.2) is 4.79 Å². The molecule has 2 amide bonds. The van der Waals surface area contributed by atoms with Gasteiger partial charge in [0.25, 0.3) is 5.91 Å².